The van der Waals surface area contributed by atoms with Crippen molar-refractivity contribution >= 4 is 40.9 Å². The van der Waals surface area contributed by atoms with Gasteiger partial charge in [-0.3, -0.25) is 9.59 Å². The van der Waals surface area contributed by atoms with Crippen molar-refractivity contribution in [3.63, 3.8) is 0 Å². The molecule has 0 saturated heterocycles. The second kappa shape index (κ2) is 12.0. The van der Waals surface area contributed by atoms with Crippen molar-refractivity contribution in [2.24, 2.45) is 0 Å². The third kappa shape index (κ3) is 7.33. The summed E-state index contributed by atoms with van der Waals surface area (Å²) >= 11 is 7.32. The lowest BCUT2D eigenvalue weighted by atomic mass is 10.2. The first kappa shape index (κ1) is 22.6. The molecule has 0 unspecified atom stereocenters. The van der Waals surface area contributed by atoms with Crippen LogP contribution in [0.5, 0.6) is 5.75 Å². The summed E-state index contributed by atoms with van der Waals surface area (Å²) in [6.45, 7) is -0.225. The van der Waals surface area contributed by atoms with Crippen LogP contribution in [0.1, 0.15) is 12.0 Å². The molecule has 0 aliphatic carbocycles. The first-order chi connectivity index (χ1) is 14.0. The van der Waals surface area contributed by atoms with E-state index in [9.17, 15) is 9.59 Å². The van der Waals surface area contributed by atoms with Gasteiger partial charge in [0.2, 0.25) is 0 Å². The van der Waals surface area contributed by atoms with Gasteiger partial charge >= 0.3 is 5.97 Å². The van der Waals surface area contributed by atoms with Gasteiger partial charge in [0.05, 0.1) is 31.0 Å². The van der Waals surface area contributed by atoms with Crippen LogP contribution in [-0.2, 0) is 20.1 Å². The normalized spacial score (nSPS) is 10.1. The van der Waals surface area contributed by atoms with Crippen molar-refractivity contribution < 1.29 is 19.1 Å². The Morgan fingerprint density at radius 1 is 1.21 bits per heavy atom. The van der Waals surface area contributed by atoms with Crippen molar-refractivity contribution in [3.05, 3.63) is 59.1 Å². The molecular weight excluding hydrogens is 412 g/mol. The summed E-state index contributed by atoms with van der Waals surface area (Å²) in [5.74, 6) is 0.331. The van der Waals surface area contributed by atoms with Gasteiger partial charge in [0.25, 0.3) is 5.91 Å². The minimum atomic E-state index is -0.481. The largest absolute Gasteiger partial charge is 0.495 e. The van der Waals surface area contributed by atoms with E-state index in [4.69, 9.17) is 26.3 Å². The Morgan fingerprint density at radius 2 is 2.00 bits per heavy atom. The Hall–Kier alpha value is -2.69. The van der Waals surface area contributed by atoms with Crippen LogP contribution >= 0.6 is 23.4 Å². The van der Waals surface area contributed by atoms with E-state index in [0.29, 0.717) is 22.2 Å². The van der Waals surface area contributed by atoms with Crippen LogP contribution in [0, 0.1) is 11.3 Å². The highest BCUT2D eigenvalue weighted by Gasteiger charge is 2.20. The van der Waals surface area contributed by atoms with Crippen molar-refractivity contribution in [3.8, 4) is 11.8 Å². The van der Waals surface area contributed by atoms with E-state index in [-0.39, 0.29) is 18.7 Å². The van der Waals surface area contributed by atoms with Gasteiger partial charge < -0.3 is 14.4 Å². The summed E-state index contributed by atoms with van der Waals surface area (Å²) in [7, 11) is 1.50. The zero-order valence-electron chi connectivity index (χ0n) is 16.0. The van der Waals surface area contributed by atoms with Crippen LogP contribution in [0.25, 0.3) is 0 Å². The van der Waals surface area contributed by atoms with E-state index < -0.39 is 18.5 Å². The number of esters is 1. The summed E-state index contributed by atoms with van der Waals surface area (Å²) in [5.41, 5.74) is 1.53. The second-order valence-corrected chi connectivity index (χ2v) is 7.33. The predicted molar refractivity (Wildman–Crippen MR) is 114 cm³/mol. The fourth-order valence-electron chi connectivity index (χ4n) is 2.53. The fourth-order valence-corrected chi connectivity index (χ4v) is 3.52. The lowest BCUT2D eigenvalue weighted by Gasteiger charge is -2.23. The van der Waals surface area contributed by atoms with Crippen LogP contribution in [0.15, 0.2) is 48.5 Å². The quantitative estimate of drug-likeness (QED) is 0.526. The van der Waals surface area contributed by atoms with Gasteiger partial charge in [-0.25, -0.2) is 0 Å². The molecule has 152 valence electrons. The molecule has 0 spiro atoms. The Balaban J connectivity index is 1.88. The Bertz CT molecular complexity index is 885. The highest BCUT2D eigenvalue weighted by molar-refractivity contribution is 7.99. The average Bonchev–Trinajstić information content (AvgIpc) is 2.73. The number of amides is 1. The number of rotatable bonds is 10. The zero-order chi connectivity index (χ0) is 21.1. The number of carbonyl (C=O) groups is 2. The van der Waals surface area contributed by atoms with Gasteiger partial charge in [0.15, 0.2) is 6.61 Å². The van der Waals surface area contributed by atoms with Gasteiger partial charge in [-0.05, 0) is 29.8 Å². The predicted octanol–water partition coefficient (Wildman–Crippen LogP) is 4.07. The van der Waals surface area contributed by atoms with E-state index in [1.54, 1.807) is 30.3 Å². The molecule has 2 rings (SSSR count). The molecule has 0 fully saturated rings. The maximum absolute atomic E-state index is 12.6. The van der Waals surface area contributed by atoms with Crippen LogP contribution in [-0.4, -0.2) is 37.9 Å². The number of methoxy groups -OCH3 is 1. The van der Waals surface area contributed by atoms with Crippen LogP contribution in [0.3, 0.4) is 0 Å². The van der Waals surface area contributed by atoms with Crippen LogP contribution in [0.4, 0.5) is 5.69 Å². The molecule has 0 heterocycles. The molecule has 0 N–H and O–H groups in total. The van der Waals surface area contributed by atoms with Crippen LogP contribution < -0.4 is 9.64 Å². The summed E-state index contributed by atoms with van der Waals surface area (Å²) in [6, 6.07) is 16.4. The summed E-state index contributed by atoms with van der Waals surface area (Å²) < 4.78 is 10.4. The van der Waals surface area contributed by atoms with E-state index in [0.717, 1.165) is 5.56 Å². The molecule has 0 aliphatic rings. The van der Waals surface area contributed by atoms with Crippen molar-refractivity contribution in [1.82, 2.24) is 0 Å². The number of hydrogen-bond acceptors (Lipinski definition) is 6. The zero-order valence-corrected chi connectivity index (χ0v) is 17.5. The topological polar surface area (TPSA) is 79.6 Å². The van der Waals surface area contributed by atoms with E-state index in [2.05, 4.69) is 0 Å². The third-order valence-electron chi connectivity index (χ3n) is 3.86. The minimum Gasteiger partial charge on any atom is -0.495 e. The van der Waals surface area contributed by atoms with Gasteiger partial charge in [-0.2, -0.15) is 5.26 Å². The van der Waals surface area contributed by atoms with Crippen molar-refractivity contribution in [1.29, 1.82) is 5.26 Å². The van der Waals surface area contributed by atoms with E-state index in [1.165, 1.54) is 23.8 Å². The third-order valence-corrected chi connectivity index (χ3v) is 5.07. The number of benzene rings is 2. The van der Waals surface area contributed by atoms with Gasteiger partial charge in [-0.15, -0.1) is 11.8 Å². The molecule has 2 aromatic carbocycles. The molecule has 2 aromatic rings. The minimum absolute atomic E-state index is 0.118. The summed E-state index contributed by atoms with van der Waals surface area (Å²) in [4.78, 5) is 26.0. The number of nitrogens with zero attached hydrogens (tertiary/aromatic N) is 2. The molecule has 8 heteroatoms. The molecular formula is C21H21ClN2O4S. The van der Waals surface area contributed by atoms with E-state index >= 15 is 0 Å². The SMILES string of the molecule is COc1ccccc1N(CCC#N)C(=O)COC(=O)CSCc1cccc(Cl)c1. The van der Waals surface area contributed by atoms with Gasteiger partial charge in [0, 0.05) is 17.3 Å². The maximum atomic E-state index is 12.6. The lowest BCUT2D eigenvalue weighted by molar-refractivity contribution is -0.145. The number of thioether (sulfide) groups is 1. The lowest BCUT2D eigenvalue weighted by Crippen LogP contribution is -2.36. The Kier molecular flexibility index (Phi) is 9.35. The number of hydrogen-bond donors (Lipinski definition) is 0. The summed E-state index contributed by atoms with van der Waals surface area (Å²) in [5, 5.41) is 9.52. The standard InChI is InChI=1S/C21H21ClN2O4S/c1-27-19-9-3-2-8-18(19)24(11-5-10-23)20(25)13-28-21(26)15-29-14-16-6-4-7-17(22)12-16/h2-4,6-9,12H,5,11,13-15H2,1H3. The highest BCUT2D eigenvalue weighted by atomic mass is 35.5. The molecule has 1 amide bonds. The smallest absolute Gasteiger partial charge is 0.316 e. The van der Waals surface area contributed by atoms with Crippen LogP contribution in [0.2, 0.25) is 5.02 Å². The molecule has 0 bridgehead atoms. The summed E-state index contributed by atoms with van der Waals surface area (Å²) in [6.07, 6.45) is 0.146. The van der Waals surface area contributed by atoms with Gasteiger partial charge in [0.1, 0.15) is 5.75 Å². The molecule has 29 heavy (non-hydrogen) atoms. The number of anilines is 1. The number of nitriles is 1. The molecule has 0 saturated carbocycles. The molecule has 0 radical (unpaired) electrons. The average molecular weight is 433 g/mol. The van der Waals surface area contributed by atoms with E-state index in [1.807, 2.05) is 24.3 Å². The second-order valence-electron chi connectivity index (χ2n) is 5.91. The number of para-hydroxylation sites is 2. The molecule has 0 aliphatic heterocycles. The molecule has 6 nitrogen and oxygen atoms in total. The first-order valence-corrected chi connectivity index (χ1v) is 10.4. The number of ether oxygens (including phenoxy) is 2. The number of halogens is 1. The first-order valence-electron chi connectivity index (χ1n) is 8.83. The highest BCUT2D eigenvalue weighted by Crippen LogP contribution is 2.28. The van der Waals surface area contributed by atoms with Crippen molar-refractivity contribution in [2.45, 2.75) is 12.2 Å². The Morgan fingerprint density at radius 3 is 2.72 bits per heavy atom. The Labute approximate surface area is 179 Å². The fraction of sp³-hybridized carbons (Fsp3) is 0.286. The van der Waals surface area contributed by atoms with Crippen molar-refractivity contribution in [2.75, 3.05) is 30.9 Å². The number of carbonyl (C=O) groups excluding carboxylic acids is 2. The maximum Gasteiger partial charge on any atom is 0.316 e. The monoisotopic (exact) mass is 432 g/mol. The van der Waals surface area contributed by atoms with Gasteiger partial charge in [-0.1, -0.05) is 35.9 Å². The molecule has 0 aromatic heterocycles. The molecule has 0 atom stereocenters.